The van der Waals surface area contributed by atoms with E-state index in [0.29, 0.717) is 28.7 Å². The minimum Gasteiger partial charge on any atom is -0.493 e. The Hall–Kier alpha value is -4.01. The molecule has 174 valence electrons. The molecule has 1 heterocycles. The summed E-state index contributed by atoms with van der Waals surface area (Å²) in [6.45, 7) is 2.19. The normalized spacial score (nSPS) is 10.4. The predicted octanol–water partition coefficient (Wildman–Crippen LogP) is 2.44. The summed E-state index contributed by atoms with van der Waals surface area (Å²) in [7, 11) is 4.66. The van der Waals surface area contributed by atoms with E-state index in [9.17, 15) is 9.59 Å². The number of hydrogen-bond acceptors (Lipinski definition) is 7. The zero-order valence-corrected chi connectivity index (χ0v) is 19.1. The number of hydrogen-bond donors (Lipinski definition) is 1. The van der Waals surface area contributed by atoms with Crippen molar-refractivity contribution >= 4 is 5.91 Å². The van der Waals surface area contributed by atoms with Crippen LogP contribution in [0.3, 0.4) is 0 Å². The maximum Gasteiger partial charge on any atom is 0.266 e. The van der Waals surface area contributed by atoms with Gasteiger partial charge in [0.1, 0.15) is 0 Å². The van der Waals surface area contributed by atoms with Crippen LogP contribution >= 0.6 is 0 Å². The molecule has 0 spiro atoms. The van der Waals surface area contributed by atoms with Crippen LogP contribution in [0, 0.1) is 6.92 Å². The van der Waals surface area contributed by atoms with Gasteiger partial charge in [0, 0.05) is 18.2 Å². The molecule has 0 saturated heterocycles. The second-order valence-electron chi connectivity index (χ2n) is 7.14. The maximum atomic E-state index is 12.2. The molecule has 1 N–H and O–H groups in total. The van der Waals surface area contributed by atoms with Gasteiger partial charge < -0.3 is 24.3 Å². The Morgan fingerprint density at radius 1 is 0.909 bits per heavy atom. The maximum absolute atomic E-state index is 12.2. The molecule has 0 atom stereocenters. The van der Waals surface area contributed by atoms with Gasteiger partial charge in [-0.15, -0.1) is 0 Å². The van der Waals surface area contributed by atoms with Gasteiger partial charge in [-0.3, -0.25) is 9.59 Å². The SMILES string of the molecule is COc1ccc(-c2ccc(=O)n(CCNC(=O)COc3ccc(C)cc3OC)n2)cc1OC. The molecule has 3 rings (SSSR count). The van der Waals surface area contributed by atoms with E-state index in [0.717, 1.165) is 11.1 Å². The Kier molecular flexibility index (Phi) is 7.91. The number of carbonyl (C=O) groups excluding carboxylic acids is 1. The molecule has 0 radical (unpaired) electrons. The highest BCUT2D eigenvalue weighted by molar-refractivity contribution is 5.77. The average molecular weight is 453 g/mol. The Balaban J connectivity index is 1.59. The highest BCUT2D eigenvalue weighted by atomic mass is 16.5. The molecule has 0 saturated carbocycles. The van der Waals surface area contributed by atoms with E-state index in [4.69, 9.17) is 18.9 Å². The summed E-state index contributed by atoms with van der Waals surface area (Å²) >= 11 is 0. The number of ether oxygens (including phenoxy) is 4. The third-order valence-corrected chi connectivity index (χ3v) is 4.87. The molecule has 9 heteroatoms. The molecule has 9 nitrogen and oxygen atoms in total. The second-order valence-corrected chi connectivity index (χ2v) is 7.14. The first-order valence-electron chi connectivity index (χ1n) is 10.3. The van der Waals surface area contributed by atoms with E-state index >= 15 is 0 Å². The number of nitrogens with zero attached hydrogens (tertiary/aromatic N) is 2. The lowest BCUT2D eigenvalue weighted by molar-refractivity contribution is -0.123. The lowest BCUT2D eigenvalue weighted by atomic mass is 10.1. The van der Waals surface area contributed by atoms with Gasteiger partial charge in [-0.2, -0.15) is 5.10 Å². The largest absolute Gasteiger partial charge is 0.493 e. The summed E-state index contributed by atoms with van der Waals surface area (Å²) in [6, 6.07) is 13.9. The van der Waals surface area contributed by atoms with Gasteiger partial charge in [0.05, 0.1) is 33.6 Å². The van der Waals surface area contributed by atoms with Gasteiger partial charge in [-0.1, -0.05) is 6.07 Å². The summed E-state index contributed by atoms with van der Waals surface area (Å²) in [6.07, 6.45) is 0. The highest BCUT2D eigenvalue weighted by Crippen LogP contribution is 2.31. The number of amides is 1. The van der Waals surface area contributed by atoms with Gasteiger partial charge in [0.25, 0.3) is 11.5 Å². The number of carbonyl (C=O) groups is 1. The van der Waals surface area contributed by atoms with Crippen LogP contribution in [-0.4, -0.2) is 50.2 Å². The van der Waals surface area contributed by atoms with Gasteiger partial charge >= 0.3 is 0 Å². The summed E-state index contributed by atoms with van der Waals surface area (Å²) in [5.41, 5.74) is 2.12. The summed E-state index contributed by atoms with van der Waals surface area (Å²) in [4.78, 5) is 24.4. The van der Waals surface area contributed by atoms with Crippen molar-refractivity contribution in [3.05, 3.63) is 64.4 Å². The van der Waals surface area contributed by atoms with E-state index in [1.165, 1.54) is 10.7 Å². The Bertz CT molecular complexity index is 1180. The molecule has 0 bridgehead atoms. The highest BCUT2D eigenvalue weighted by Gasteiger charge is 2.10. The van der Waals surface area contributed by atoms with Crippen molar-refractivity contribution in [1.82, 2.24) is 15.1 Å². The van der Waals surface area contributed by atoms with Crippen LogP contribution in [0.15, 0.2) is 53.3 Å². The molecule has 2 aromatic carbocycles. The number of benzene rings is 2. The van der Waals surface area contributed by atoms with Crippen molar-refractivity contribution in [1.29, 1.82) is 0 Å². The minimum absolute atomic E-state index is 0.173. The average Bonchev–Trinajstić information content (AvgIpc) is 2.83. The first-order valence-corrected chi connectivity index (χ1v) is 10.3. The molecular formula is C24H27N3O6. The number of rotatable bonds is 10. The minimum atomic E-state index is -0.318. The van der Waals surface area contributed by atoms with Crippen LogP contribution in [0.1, 0.15) is 5.56 Å². The first-order chi connectivity index (χ1) is 15.9. The van der Waals surface area contributed by atoms with Crippen LogP contribution in [-0.2, 0) is 11.3 Å². The van der Waals surface area contributed by atoms with Gasteiger partial charge in [0.2, 0.25) is 0 Å². The summed E-state index contributed by atoms with van der Waals surface area (Å²) in [5, 5.41) is 7.13. The Morgan fingerprint density at radius 3 is 2.33 bits per heavy atom. The summed E-state index contributed by atoms with van der Waals surface area (Å²) in [5.74, 6) is 1.89. The fourth-order valence-electron chi connectivity index (χ4n) is 3.15. The van der Waals surface area contributed by atoms with E-state index in [1.54, 1.807) is 45.6 Å². The zero-order valence-electron chi connectivity index (χ0n) is 19.1. The fourth-order valence-corrected chi connectivity index (χ4v) is 3.15. The topological polar surface area (TPSA) is 101 Å². The number of methoxy groups -OCH3 is 3. The molecule has 33 heavy (non-hydrogen) atoms. The Labute approximate surface area is 191 Å². The van der Waals surface area contributed by atoms with E-state index in [2.05, 4.69) is 10.4 Å². The van der Waals surface area contributed by atoms with E-state index in [1.807, 2.05) is 25.1 Å². The van der Waals surface area contributed by atoms with Crippen molar-refractivity contribution in [2.24, 2.45) is 0 Å². The standard InChI is InChI=1S/C24H27N3O6/c1-16-5-8-20(21(13-16)31-3)33-15-23(28)25-11-12-27-24(29)10-7-18(26-27)17-6-9-19(30-2)22(14-17)32-4/h5-10,13-14H,11-12,15H2,1-4H3,(H,25,28). The van der Waals surface area contributed by atoms with Crippen LogP contribution in [0.5, 0.6) is 23.0 Å². The smallest absolute Gasteiger partial charge is 0.266 e. The van der Waals surface area contributed by atoms with Crippen molar-refractivity contribution in [3.8, 4) is 34.3 Å². The molecule has 0 aliphatic carbocycles. The quantitative estimate of drug-likeness (QED) is 0.503. The third kappa shape index (κ3) is 6.03. The molecule has 0 unspecified atom stereocenters. The monoisotopic (exact) mass is 453 g/mol. The second kappa shape index (κ2) is 11.0. The third-order valence-electron chi connectivity index (χ3n) is 4.87. The lowest BCUT2D eigenvalue weighted by Gasteiger charge is -2.12. The number of nitrogens with one attached hydrogen (secondary N) is 1. The van der Waals surface area contributed by atoms with Crippen LogP contribution < -0.4 is 29.8 Å². The van der Waals surface area contributed by atoms with Crippen molar-refractivity contribution in [3.63, 3.8) is 0 Å². The van der Waals surface area contributed by atoms with E-state index < -0.39 is 0 Å². The molecule has 1 amide bonds. The molecule has 0 aliphatic rings. The van der Waals surface area contributed by atoms with Crippen molar-refractivity contribution in [2.45, 2.75) is 13.5 Å². The van der Waals surface area contributed by atoms with E-state index in [-0.39, 0.29) is 31.2 Å². The lowest BCUT2D eigenvalue weighted by Crippen LogP contribution is -2.34. The molecular weight excluding hydrogens is 426 g/mol. The van der Waals surface area contributed by atoms with Gasteiger partial charge in [-0.25, -0.2) is 4.68 Å². The van der Waals surface area contributed by atoms with Crippen LogP contribution in [0.25, 0.3) is 11.3 Å². The fraction of sp³-hybridized carbons (Fsp3) is 0.292. The number of aromatic nitrogens is 2. The summed E-state index contributed by atoms with van der Waals surface area (Å²) < 4.78 is 22.7. The van der Waals surface area contributed by atoms with Crippen molar-refractivity contribution < 1.29 is 23.7 Å². The van der Waals surface area contributed by atoms with Crippen LogP contribution in [0.4, 0.5) is 0 Å². The zero-order chi connectivity index (χ0) is 23.8. The first kappa shape index (κ1) is 23.6. The molecule has 1 aromatic heterocycles. The number of aryl methyl sites for hydroxylation is 1. The molecule has 0 aliphatic heterocycles. The van der Waals surface area contributed by atoms with Crippen molar-refractivity contribution in [2.75, 3.05) is 34.5 Å². The molecule has 0 fully saturated rings. The predicted molar refractivity (Wildman–Crippen MR) is 123 cm³/mol. The van der Waals surface area contributed by atoms with Crippen LogP contribution in [0.2, 0.25) is 0 Å². The van der Waals surface area contributed by atoms with Gasteiger partial charge in [-0.05, 0) is 48.9 Å². The Morgan fingerprint density at radius 2 is 1.61 bits per heavy atom. The molecule has 3 aromatic rings. The van der Waals surface area contributed by atoms with Gasteiger partial charge in [0.15, 0.2) is 29.6 Å².